The van der Waals surface area contributed by atoms with E-state index in [0.717, 1.165) is 12.0 Å². The van der Waals surface area contributed by atoms with Gasteiger partial charge in [-0.05, 0) is 55.3 Å². The molecule has 0 atom stereocenters. The molecule has 0 saturated heterocycles. The molecule has 4 nitrogen and oxygen atoms in total. The van der Waals surface area contributed by atoms with Crippen LogP contribution in [0.15, 0.2) is 42.0 Å². The molecular formula is C20H18Cl2N2O2. The maximum atomic E-state index is 12.5. The first-order chi connectivity index (χ1) is 12.5. The fraction of sp³-hybridized carbons (Fsp3) is 0.200. The van der Waals surface area contributed by atoms with Crippen molar-refractivity contribution in [2.45, 2.75) is 20.3 Å². The lowest BCUT2D eigenvalue weighted by molar-refractivity contribution is -0.112. The van der Waals surface area contributed by atoms with Crippen LogP contribution in [-0.4, -0.2) is 12.5 Å². The maximum Gasteiger partial charge on any atom is 0.266 e. The molecule has 0 aliphatic heterocycles. The van der Waals surface area contributed by atoms with E-state index in [-0.39, 0.29) is 5.57 Å². The molecule has 0 unspecified atom stereocenters. The number of carbonyl (C=O) groups excluding carboxylic acids is 1. The largest absolute Gasteiger partial charge is 0.493 e. The Labute approximate surface area is 163 Å². The Kier molecular flexibility index (Phi) is 7.08. The molecule has 2 aromatic rings. The fourth-order valence-corrected chi connectivity index (χ4v) is 2.57. The van der Waals surface area contributed by atoms with Crippen molar-refractivity contribution in [3.05, 3.63) is 63.1 Å². The van der Waals surface area contributed by atoms with Crippen LogP contribution >= 0.6 is 23.2 Å². The average molecular weight is 389 g/mol. The van der Waals surface area contributed by atoms with E-state index in [0.29, 0.717) is 33.7 Å². The molecule has 0 aromatic heterocycles. The number of anilines is 1. The van der Waals surface area contributed by atoms with Gasteiger partial charge in [-0.15, -0.1) is 0 Å². The summed E-state index contributed by atoms with van der Waals surface area (Å²) in [5.41, 5.74) is 1.79. The number of rotatable bonds is 6. The molecule has 1 N–H and O–H groups in total. The molecule has 0 spiro atoms. The van der Waals surface area contributed by atoms with Gasteiger partial charge in [-0.25, -0.2) is 0 Å². The van der Waals surface area contributed by atoms with Crippen LogP contribution in [0.2, 0.25) is 10.0 Å². The quantitative estimate of drug-likeness (QED) is 0.514. The molecule has 0 heterocycles. The maximum absolute atomic E-state index is 12.5. The average Bonchev–Trinajstić information content (AvgIpc) is 2.62. The molecule has 2 rings (SSSR count). The molecule has 0 aliphatic carbocycles. The fourth-order valence-electron chi connectivity index (χ4n) is 2.21. The predicted octanol–water partition coefficient (Wildman–Crippen LogP) is 5.64. The van der Waals surface area contributed by atoms with Gasteiger partial charge in [0.05, 0.1) is 6.61 Å². The van der Waals surface area contributed by atoms with Crippen LogP contribution in [0.5, 0.6) is 5.75 Å². The second-order valence-corrected chi connectivity index (χ2v) is 6.41. The minimum absolute atomic E-state index is 0.0620. The second-order valence-electron chi connectivity index (χ2n) is 5.57. The van der Waals surface area contributed by atoms with Crippen molar-refractivity contribution < 1.29 is 9.53 Å². The number of halogens is 2. The van der Waals surface area contributed by atoms with Crippen LogP contribution in [-0.2, 0) is 4.79 Å². The van der Waals surface area contributed by atoms with E-state index in [1.807, 2.05) is 13.0 Å². The molecule has 1 amide bonds. The summed E-state index contributed by atoms with van der Waals surface area (Å²) in [7, 11) is 0. The summed E-state index contributed by atoms with van der Waals surface area (Å²) in [4.78, 5) is 12.5. The molecule has 6 heteroatoms. The standard InChI is InChI=1S/C20H18Cl2N2O2/c1-3-9-26-19-8-7-16(21)11-14(19)10-15(12-23)20(25)24-18-6-4-5-17(22)13(18)2/h4-8,10-11H,3,9H2,1-2H3,(H,24,25)/b15-10-. The first kappa shape index (κ1) is 19.8. The Morgan fingerprint density at radius 2 is 2.08 bits per heavy atom. The van der Waals surface area contributed by atoms with E-state index < -0.39 is 5.91 Å². The van der Waals surface area contributed by atoms with Crippen LogP contribution in [0.25, 0.3) is 6.08 Å². The molecule has 0 aliphatic rings. The number of carbonyl (C=O) groups is 1. The molecular weight excluding hydrogens is 371 g/mol. The van der Waals surface area contributed by atoms with Crippen LogP contribution in [0, 0.1) is 18.3 Å². The van der Waals surface area contributed by atoms with Gasteiger partial charge in [0.15, 0.2) is 0 Å². The number of hydrogen-bond donors (Lipinski definition) is 1. The normalized spacial score (nSPS) is 11.0. The van der Waals surface area contributed by atoms with E-state index in [9.17, 15) is 10.1 Å². The number of amides is 1. The van der Waals surface area contributed by atoms with Gasteiger partial charge in [0.1, 0.15) is 17.4 Å². The van der Waals surface area contributed by atoms with Gasteiger partial charge >= 0.3 is 0 Å². The zero-order valence-electron chi connectivity index (χ0n) is 14.5. The predicted molar refractivity (Wildman–Crippen MR) is 106 cm³/mol. The summed E-state index contributed by atoms with van der Waals surface area (Å²) in [5, 5.41) is 13.2. The minimum Gasteiger partial charge on any atom is -0.493 e. The van der Waals surface area contributed by atoms with Crippen LogP contribution in [0.4, 0.5) is 5.69 Å². The molecule has 134 valence electrons. The second kappa shape index (κ2) is 9.28. The number of ether oxygens (including phenoxy) is 1. The highest BCUT2D eigenvalue weighted by Gasteiger charge is 2.13. The monoisotopic (exact) mass is 388 g/mol. The van der Waals surface area contributed by atoms with Gasteiger partial charge in [-0.1, -0.05) is 36.2 Å². The molecule has 0 bridgehead atoms. The minimum atomic E-state index is -0.528. The topological polar surface area (TPSA) is 62.1 Å². The van der Waals surface area contributed by atoms with Gasteiger partial charge < -0.3 is 10.1 Å². The third-order valence-electron chi connectivity index (χ3n) is 3.61. The summed E-state index contributed by atoms with van der Waals surface area (Å²) in [6.45, 7) is 4.31. The van der Waals surface area contributed by atoms with Crippen molar-refractivity contribution in [3.8, 4) is 11.8 Å². The van der Waals surface area contributed by atoms with E-state index in [4.69, 9.17) is 27.9 Å². The molecule has 2 aromatic carbocycles. The smallest absolute Gasteiger partial charge is 0.266 e. The Hall–Kier alpha value is -2.48. The molecule has 26 heavy (non-hydrogen) atoms. The number of nitrogens with zero attached hydrogens (tertiary/aromatic N) is 1. The summed E-state index contributed by atoms with van der Waals surface area (Å²) >= 11 is 12.1. The summed E-state index contributed by atoms with van der Waals surface area (Å²) in [5.74, 6) is 0.0371. The van der Waals surface area contributed by atoms with Crippen LogP contribution in [0.1, 0.15) is 24.5 Å². The van der Waals surface area contributed by atoms with Crippen molar-refractivity contribution in [2.75, 3.05) is 11.9 Å². The van der Waals surface area contributed by atoms with Crippen molar-refractivity contribution in [2.24, 2.45) is 0 Å². The zero-order chi connectivity index (χ0) is 19.1. The Morgan fingerprint density at radius 1 is 1.31 bits per heavy atom. The van der Waals surface area contributed by atoms with E-state index >= 15 is 0 Å². The van der Waals surface area contributed by atoms with E-state index in [1.165, 1.54) is 6.08 Å². The highest BCUT2D eigenvalue weighted by atomic mass is 35.5. The first-order valence-electron chi connectivity index (χ1n) is 8.07. The van der Waals surface area contributed by atoms with Gasteiger partial charge in [-0.2, -0.15) is 5.26 Å². The van der Waals surface area contributed by atoms with Gasteiger partial charge in [0, 0.05) is 21.3 Å². The van der Waals surface area contributed by atoms with Crippen LogP contribution in [0.3, 0.4) is 0 Å². The molecule has 0 saturated carbocycles. The molecule has 0 radical (unpaired) electrons. The van der Waals surface area contributed by atoms with Crippen molar-refractivity contribution in [3.63, 3.8) is 0 Å². The lowest BCUT2D eigenvalue weighted by Crippen LogP contribution is -2.14. The Bertz CT molecular complexity index is 886. The number of nitriles is 1. The Balaban J connectivity index is 2.33. The lowest BCUT2D eigenvalue weighted by Gasteiger charge is -2.11. The highest BCUT2D eigenvalue weighted by Crippen LogP contribution is 2.27. The van der Waals surface area contributed by atoms with Gasteiger partial charge in [-0.3, -0.25) is 4.79 Å². The summed E-state index contributed by atoms with van der Waals surface area (Å²) in [6, 6.07) is 12.2. The number of nitrogens with one attached hydrogen (secondary N) is 1. The summed E-state index contributed by atoms with van der Waals surface area (Å²) < 4.78 is 5.66. The van der Waals surface area contributed by atoms with E-state index in [2.05, 4.69) is 5.32 Å². The highest BCUT2D eigenvalue weighted by molar-refractivity contribution is 6.32. The third kappa shape index (κ3) is 5.01. The zero-order valence-corrected chi connectivity index (χ0v) is 16.0. The van der Waals surface area contributed by atoms with Gasteiger partial charge in [0.25, 0.3) is 5.91 Å². The summed E-state index contributed by atoms with van der Waals surface area (Å²) in [6.07, 6.45) is 2.30. The van der Waals surface area contributed by atoms with Crippen molar-refractivity contribution >= 4 is 40.9 Å². The van der Waals surface area contributed by atoms with Crippen molar-refractivity contribution in [1.29, 1.82) is 5.26 Å². The SMILES string of the molecule is CCCOc1ccc(Cl)cc1/C=C(/C#N)C(=O)Nc1cccc(Cl)c1C. The first-order valence-corrected chi connectivity index (χ1v) is 8.82. The number of benzene rings is 2. The lowest BCUT2D eigenvalue weighted by atomic mass is 10.1. The van der Waals surface area contributed by atoms with E-state index in [1.54, 1.807) is 43.3 Å². The molecule has 0 fully saturated rings. The Morgan fingerprint density at radius 3 is 2.77 bits per heavy atom. The van der Waals surface area contributed by atoms with Crippen molar-refractivity contribution in [1.82, 2.24) is 0 Å². The third-order valence-corrected chi connectivity index (χ3v) is 4.26. The van der Waals surface area contributed by atoms with Gasteiger partial charge in [0.2, 0.25) is 0 Å². The van der Waals surface area contributed by atoms with Crippen LogP contribution < -0.4 is 10.1 Å². The number of hydrogen-bond acceptors (Lipinski definition) is 3.